The summed E-state index contributed by atoms with van der Waals surface area (Å²) in [4.78, 5) is 17.1. The summed E-state index contributed by atoms with van der Waals surface area (Å²) in [7, 11) is 1.49. The van der Waals surface area contributed by atoms with Gasteiger partial charge in [-0.15, -0.1) is 0 Å². The first-order valence-electron chi connectivity index (χ1n) is 8.92. The van der Waals surface area contributed by atoms with Gasteiger partial charge in [0.05, 0.1) is 11.1 Å². The molecule has 1 atom stereocenters. The van der Waals surface area contributed by atoms with Crippen LogP contribution in [0.1, 0.15) is 40.9 Å². The number of hydrogen-bond acceptors (Lipinski definition) is 6. The first-order valence-corrected chi connectivity index (χ1v) is 9.72. The smallest absolute Gasteiger partial charge is 0.215 e. The Balaban J connectivity index is 1.86. The average Bonchev–Trinajstić information content (AvgIpc) is 2.73. The van der Waals surface area contributed by atoms with Gasteiger partial charge >= 0.3 is 0 Å². The molecule has 2 aromatic rings. The van der Waals surface area contributed by atoms with Gasteiger partial charge in [-0.2, -0.15) is 0 Å². The van der Waals surface area contributed by atoms with Crippen LogP contribution in [0.15, 0.2) is 34.9 Å². The van der Waals surface area contributed by atoms with Gasteiger partial charge in [-0.3, -0.25) is 4.79 Å². The number of carbonyl (C=O) groups is 1. The maximum atomic E-state index is 13.5. The lowest BCUT2D eigenvalue weighted by Crippen LogP contribution is -2.22. The van der Waals surface area contributed by atoms with Gasteiger partial charge in [-0.1, -0.05) is 0 Å². The maximum Gasteiger partial charge on any atom is 0.215 e. The molecule has 1 fully saturated rings. The van der Waals surface area contributed by atoms with Gasteiger partial charge in [-0.25, -0.2) is 9.37 Å². The fourth-order valence-electron chi connectivity index (χ4n) is 2.84. The molecule has 1 aliphatic rings. The third-order valence-corrected chi connectivity index (χ3v) is 4.87. The van der Waals surface area contributed by atoms with Crippen LogP contribution in [0, 0.1) is 5.82 Å². The lowest BCUT2D eigenvalue weighted by molar-refractivity contribution is -0.169. The number of nitrogens with zero attached hydrogens (tertiary/aromatic N) is 1. The number of ether oxygens (including phenoxy) is 4. The number of carbonyl (C=O) groups excluding carboxylic acids is 1. The van der Waals surface area contributed by atoms with Gasteiger partial charge in [0.15, 0.2) is 24.5 Å². The molecule has 0 N–H and O–H groups in total. The van der Waals surface area contributed by atoms with Crippen LogP contribution >= 0.6 is 15.9 Å². The van der Waals surface area contributed by atoms with Crippen LogP contribution in [0.2, 0.25) is 0 Å². The first kappa shape index (κ1) is 20.9. The molecule has 1 unspecified atom stereocenters. The van der Waals surface area contributed by atoms with Crippen molar-refractivity contribution in [3.8, 4) is 5.75 Å². The summed E-state index contributed by atoms with van der Waals surface area (Å²) in [6.45, 7) is 0.836. The maximum absolute atomic E-state index is 13.5. The zero-order chi connectivity index (χ0) is 19.9. The third kappa shape index (κ3) is 5.14. The van der Waals surface area contributed by atoms with Crippen molar-refractivity contribution in [3.05, 3.63) is 57.6 Å². The quantitative estimate of drug-likeness (QED) is 0.439. The molecule has 8 heteroatoms. The van der Waals surface area contributed by atoms with Crippen molar-refractivity contribution < 1.29 is 28.1 Å². The highest BCUT2D eigenvalue weighted by molar-refractivity contribution is 9.10. The van der Waals surface area contributed by atoms with Crippen molar-refractivity contribution in [1.29, 1.82) is 0 Å². The van der Waals surface area contributed by atoms with E-state index in [2.05, 4.69) is 20.9 Å². The van der Waals surface area contributed by atoms with E-state index < -0.39 is 5.82 Å². The van der Waals surface area contributed by atoms with E-state index in [0.717, 1.165) is 19.3 Å². The Bertz CT molecular complexity index is 826. The number of benzene rings is 1. The highest BCUT2D eigenvalue weighted by Crippen LogP contribution is 2.28. The zero-order valence-electron chi connectivity index (χ0n) is 15.5. The number of pyridine rings is 1. The molecular formula is C20H21BrFNO5. The molecule has 28 heavy (non-hydrogen) atoms. The number of hydrogen-bond donors (Lipinski definition) is 0. The molecule has 150 valence electrons. The summed E-state index contributed by atoms with van der Waals surface area (Å²) < 4.78 is 35.7. The van der Waals surface area contributed by atoms with E-state index in [4.69, 9.17) is 18.9 Å². The van der Waals surface area contributed by atoms with E-state index in [1.54, 1.807) is 6.07 Å². The second-order valence-corrected chi connectivity index (χ2v) is 7.12. The van der Waals surface area contributed by atoms with E-state index in [1.165, 1.54) is 31.5 Å². The summed E-state index contributed by atoms with van der Waals surface area (Å²) in [5, 5.41) is 0. The number of rotatable bonds is 8. The van der Waals surface area contributed by atoms with Gasteiger partial charge in [0.25, 0.3) is 0 Å². The van der Waals surface area contributed by atoms with Crippen molar-refractivity contribution in [2.45, 2.75) is 32.2 Å². The number of aromatic nitrogens is 1. The highest BCUT2D eigenvalue weighted by atomic mass is 79.9. The SMILES string of the molecule is COCOc1c(COC2CCCCO2)ccnc1C(=O)c1ccc(F)c(Br)c1. The predicted octanol–water partition coefficient (Wildman–Crippen LogP) is 4.24. The summed E-state index contributed by atoms with van der Waals surface area (Å²) in [5.41, 5.74) is 1.06. The molecule has 2 heterocycles. The lowest BCUT2D eigenvalue weighted by atomic mass is 10.1. The van der Waals surface area contributed by atoms with Gasteiger partial charge in [0, 0.05) is 31.0 Å². The van der Waals surface area contributed by atoms with Crippen LogP contribution in [-0.4, -0.2) is 37.6 Å². The Morgan fingerprint density at radius 1 is 1.36 bits per heavy atom. The molecule has 1 aromatic carbocycles. The van der Waals surface area contributed by atoms with E-state index in [0.29, 0.717) is 12.2 Å². The minimum Gasteiger partial charge on any atom is -0.465 e. The van der Waals surface area contributed by atoms with Gasteiger partial charge < -0.3 is 18.9 Å². The third-order valence-electron chi connectivity index (χ3n) is 4.27. The molecule has 0 amide bonds. The second-order valence-electron chi connectivity index (χ2n) is 6.26. The van der Waals surface area contributed by atoms with Crippen molar-refractivity contribution in [2.24, 2.45) is 0 Å². The van der Waals surface area contributed by atoms with E-state index >= 15 is 0 Å². The van der Waals surface area contributed by atoms with Crippen molar-refractivity contribution in [3.63, 3.8) is 0 Å². The van der Waals surface area contributed by atoms with E-state index in [-0.39, 0.29) is 47.0 Å². The standard InChI is InChI=1S/C20H21BrFNO5/c1-25-12-28-20-14(11-27-17-4-2-3-9-26-17)7-8-23-18(20)19(24)13-5-6-16(22)15(21)10-13/h5-8,10,17H,2-4,9,11-12H2,1H3. The molecule has 0 aliphatic carbocycles. The Morgan fingerprint density at radius 3 is 2.93 bits per heavy atom. The summed E-state index contributed by atoms with van der Waals surface area (Å²) >= 11 is 3.10. The van der Waals surface area contributed by atoms with Gasteiger partial charge in [0.1, 0.15) is 5.82 Å². The largest absolute Gasteiger partial charge is 0.465 e. The summed E-state index contributed by atoms with van der Waals surface area (Å²) in [5.74, 6) is -0.553. The predicted molar refractivity (Wildman–Crippen MR) is 103 cm³/mol. The van der Waals surface area contributed by atoms with Crippen LogP contribution in [0.3, 0.4) is 0 Å². The van der Waals surface area contributed by atoms with E-state index in [9.17, 15) is 9.18 Å². The second kappa shape index (κ2) is 10.1. The highest BCUT2D eigenvalue weighted by Gasteiger charge is 2.22. The molecule has 0 radical (unpaired) electrons. The Hall–Kier alpha value is -1.87. The number of halogens is 2. The molecule has 0 bridgehead atoms. The monoisotopic (exact) mass is 453 g/mol. The van der Waals surface area contributed by atoms with Crippen LogP contribution in [0.25, 0.3) is 0 Å². The Kier molecular flexibility index (Phi) is 7.50. The van der Waals surface area contributed by atoms with Crippen molar-refractivity contribution in [1.82, 2.24) is 4.98 Å². The molecule has 1 aromatic heterocycles. The Morgan fingerprint density at radius 2 is 2.21 bits per heavy atom. The molecular weight excluding hydrogens is 433 g/mol. The lowest BCUT2D eigenvalue weighted by Gasteiger charge is -2.23. The van der Waals surface area contributed by atoms with Crippen LogP contribution < -0.4 is 4.74 Å². The van der Waals surface area contributed by atoms with Gasteiger partial charge in [0.2, 0.25) is 5.78 Å². The Labute approximate surface area is 171 Å². The fraction of sp³-hybridized carbons (Fsp3) is 0.400. The van der Waals surface area contributed by atoms with Gasteiger partial charge in [-0.05, 0) is 59.5 Å². The van der Waals surface area contributed by atoms with Crippen LogP contribution in [0.5, 0.6) is 5.75 Å². The van der Waals surface area contributed by atoms with Crippen LogP contribution in [-0.2, 0) is 20.8 Å². The fourth-order valence-corrected chi connectivity index (χ4v) is 3.22. The topological polar surface area (TPSA) is 66.9 Å². The molecule has 0 spiro atoms. The zero-order valence-corrected chi connectivity index (χ0v) is 17.0. The molecule has 3 rings (SSSR count). The van der Waals surface area contributed by atoms with E-state index in [1.807, 2.05) is 0 Å². The van der Waals surface area contributed by atoms with Crippen LogP contribution in [0.4, 0.5) is 4.39 Å². The molecule has 1 aliphatic heterocycles. The first-order chi connectivity index (χ1) is 13.6. The number of methoxy groups -OCH3 is 1. The minimum atomic E-state index is -0.449. The molecule has 0 saturated carbocycles. The molecule has 6 nitrogen and oxygen atoms in total. The summed E-state index contributed by atoms with van der Waals surface area (Å²) in [6.07, 6.45) is 4.16. The number of ketones is 1. The average molecular weight is 454 g/mol. The summed E-state index contributed by atoms with van der Waals surface area (Å²) in [6, 6.07) is 5.77. The van der Waals surface area contributed by atoms with Crippen molar-refractivity contribution in [2.75, 3.05) is 20.5 Å². The normalized spacial score (nSPS) is 16.8. The minimum absolute atomic E-state index is 0.0496. The molecule has 1 saturated heterocycles. The van der Waals surface area contributed by atoms with Crippen molar-refractivity contribution >= 4 is 21.7 Å².